The number of carbonyl (C=O) groups is 1. The van der Waals surface area contributed by atoms with Crippen LogP contribution in [0.15, 0.2) is 21.1 Å². The van der Waals surface area contributed by atoms with E-state index in [1.54, 1.807) is 11.8 Å². The van der Waals surface area contributed by atoms with Crippen LogP contribution in [0.5, 0.6) is 0 Å². The maximum atomic E-state index is 11.6. The van der Waals surface area contributed by atoms with Gasteiger partial charge in [-0.3, -0.25) is 4.79 Å². The molecular formula is C15H19Br2NO. The number of nitrogens with zero attached hydrogens (tertiary/aromatic N) is 1. The molecule has 1 aliphatic carbocycles. The van der Waals surface area contributed by atoms with Gasteiger partial charge in [0, 0.05) is 22.9 Å². The summed E-state index contributed by atoms with van der Waals surface area (Å²) in [5, 5.41) is 0. The van der Waals surface area contributed by atoms with Crippen LogP contribution in [-0.4, -0.2) is 13.0 Å². The average Bonchev–Trinajstić information content (AvgIpc) is 2.41. The second-order valence-electron chi connectivity index (χ2n) is 5.24. The summed E-state index contributed by atoms with van der Waals surface area (Å²) in [4.78, 5) is 13.3. The van der Waals surface area contributed by atoms with Crippen molar-refractivity contribution in [2.45, 2.75) is 44.9 Å². The third-order valence-electron chi connectivity index (χ3n) is 3.93. The highest BCUT2D eigenvalue weighted by Gasteiger charge is 2.22. The molecule has 0 unspecified atom stereocenters. The molecule has 19 heavy (non-hydrogen) atoms. The molecule has 1 fully saturated rings. The smallest absolute Gasteiger partial charge is 0.223 e. The van der Waals surface area contributed by atoms with Gasteiger partial charge in [0.25, 0.3) is 0 Å². The van der Waals surface area contributed by atoms with Crippen molar-refractivity contribution in [3.8, 4) is 0 Å². The Kier molecular flexibility index (Phi) is 5.07. The molecule has 104 valence electrons. The molecule has 1 aliphatic rings. The second-order valence-corrected chi connectivity index (χ2v) is 6.95. The summed E-state index contributed by atoms with van der Waals surface area (Å²) in [7, 11) is 1.82. The Morgan fingerprint density at radius 2 is 1.84 bits per heavy atom. The Balaban J connectivity index is 2.41. The predicted molar refractivity (Wildman–Crippen MR) is 86.8 cm³/mol. The molecule has 1 aromatic rings. The van der Waals surface area contributed by atoms with Gasteiger partial charge in [-0.05, 0) is 52.4 Å². The van der Waals surface area contributed by atoms with Crippen molar-refractivity contribution in [1.29, 1.82) is 0 Å². The van der Waals surface area contributed by atoms with E-state index in [-0.39, 0.29) is 5.91 Å². The van der Waals surface area contributed by atoms with Crippen molar-refractivity contribution < 1.29 is 4.79 Å². The third kappa shape index (κ3) is 3.40. The Morgan fingerprint density at radius 3 is 2.42 bits per heavy atom. The van der Waals surface area contributed by atoms with Crippen molar-refractivity contribution in [2.75, 3.05) is 11.9 Å². The van der Waals surface area contributed by atoms with Gasteiger partial charge >= 0.3 is 0 Å². The number of benzene rings is 1. The quantitative estimate of drug-likeness (QED) is 0.678. The topological polar surface area (TPSA) is 20.3 Å². The molecule has 0 spiro atoms. The molecule has 4 heteroatoms. The van der Waals surface area contributed by atoms with E-state index >= 15 is 0 Å². The van der Waals surface area contributed by atoms with Gasteiger partial charge in [-0.15, -0.1) is 0 Å². The zero-order valence-electron chi connectivity index (χ0n) is 11.4. The van der Waals surface area contributed by atoms with Crippen LogP contribution in [0.2, 0.25) is 0 Å². The van der Waals surface area contributed by atoms with Crippen molar-refractivity contribution in [3.05, 3.63) is 26.6 Å². The van der Waals surface area contributed by atoms with E-state index in [1.807, 2.05) is 13.1 Å². The van der Waals surface area contributed by atoms with Crippen molar-refractivity contribution in [3.63, 3.8) is 0 Å². The summed E-state index contributed by atoms with van der Waals surface area (Å²) < 4.78 is 2.11. The van der Waals surface area contributed by atoms with E-state index in [2.05, 4.69) is 37.9 Å². The van der Waals surface area contributed by atoms with Crippen LogP contribution < -0.4 is 4.90 Å². The Hall–Kier alpha value is -0.350. The number of halogens is 2. The molecule has 0 aliphatic heterocycles. The summed E-state index contributed by atoms with van der Waals surface area (Å²) in [5.41, 5.74) is 2.28. The van der Waals surface area contributed by atoms with Gasteiger partial charge in [-0.2, -0.15) is 0 Å². The molecule has 0 atom stereocenters. The molecular weight excluding hydrogens is 370 g/mol. The van der Waals surface area contributed by atoms with E-state index in [0.29, 0.717) is 5.92 Å². The molecule has 0 heterocycles. The first kappa shape index (κ1) is 15.0. The van der Waals surface area contributed by atoms with Crippen LogP contribution in [0.3, 0.4) is 0 Å². The number of rotatable bonds is 2. The van der Waals surface area contributed by atoms with E-state index in [4.69, 9.17) is 0 Å². The molecule has 1 saturated carbocycles. The average molecular weight is 389 g/mol. The van der Waals surface area contributed by atoms with Gasteiger partial charge in [0.1, 0.15) is 0 Å². The summed E-state index contributed by atoms with van der Waals surface area (Å²) in [6, 6.07) is 4.19. The summed E-state index contributed by atoms with van der Waals surface area (Å²) >= 11 is 7.28. The summed E-state index contributed by atoms with van der Waals surface area (Å²) in [6.07, 6.45) is 6.46. The fourth-order valence-corrected chi connectivity index (χ4v) is 4.00. The first-order valence-corrected chi connectivity index (χ1v) is 8.32. The summed E-state index contributed by atoms with van der Waals surface area (Å²) in [5.74, 6) is 0.660. The highest BCUT2D eigenvalue weighted by atomic mass is 79.9. The van der Waals surface area contributed by atoms with Crippen LogP contribution in [0, 0.1) is 0 Å². The minimum absolute atomic E-state index is 0.0494. The van der Waals surface area contributed by atoms with Gasteiger partial charge in [-0.1, -0.05) is 35.2 Å². The van der Waals surface area contributed by atoms with Crippen LogP contribution in [0.25, 0.3) is 0 Å². The maximum absolute atomic E-state index is 11.6. The minimum Gasteiger partial charge on any atom is -0.315 e. The molecule has 2 nitrogen and oxygen atoms in total. The molecule has 1 aromatic carbocycles. The number of hydrogen-bond donors (Lipinski definition) is 0. The largest absolute Gasteiger partial charge is 0.315 e. The van der Waals surface area contributed by atoms with Gasteiger partial charge in [-0.25, -0.2) is 0 Å². The van der Waals surface area contributed by atoms with Crippen LogP contribution >= 0.6 is 31.9 Å². The Morgan fingerprint density at radius 1 is 1.21 bits per heavy atom. The molecule has 2 rings (SSSR count). The number of hydrogen-bond acceptors (Lipinski definition) is 1. The van der Waals surface area contributed by atoms with Gasteiger partial charge in [0.05, 0.1) is 5.69 Å². The number of amides is 1. The van der Waals surface area contributed by atoms with E-state index in [0.717, 1.165) is 14.6 Å². The third-order valence-corrected chi connectivity index (χ3v) is 5.25. The standard InChI is InChI=1S/C15H19Br2NO/c1-10(19)18(2)14-9-12(16)8-13(15(14)17)11-6-4-3-5-7-11/h8-9,11H,3-7H2,1-2H3. The Bertz CT molecular complexity index is 481. The lowest BCUT2D eigenvalue weighted by Gasteiger charge is -2.26. The van der Waals surface area contributed by atoms with Gasteiger partial charge < -0.3 is 4.90 Å². The first-order valence-electron chi connectivity index (χ1n) is 6.74. The fraction of sp³-hybridized carbons (Fsp3) is 0.533. The molecule has 0 saturated heterocycles. The highest BCUT2D eigenvalue weighted by Crippen LogP contribution is 2.41. The molecule has 0 radical (unpaired) electrons. The monoisotopic (exact) mass is 387 g/mol. The maximum Gasteiger partial charge on any atom is 0.223 e. The van der Waals surface area contributed by atoms with Crippen LogP contribution in [0.1, 0.15) is 50.5 Å². The van der Waals surface area contributed by atoms with Crippen LogP contribution in [0.4, 0.5) is 5.69 Å². The second kappa shape index (κ2) is 6.40. The molecule has 1 amide bonds. The van der Waals surface area contributed by atoms with Gasteiger partial charge in [0.2, 0.25) is 5.91 Å². The van der Waals surface area contributed by atoms with Crippen molar-refractivity contribution >= 4 is 43.5 Å². The Labute approximate surface area is 131 Å². The van der Waals surface area contributed by atoms with E-state index < -0.39 is 0 Å². The zero-order valence-corrected chi connectivity index (χ0v) is 14.6. The van der Waals surface area contributed by atoms with Crippen LogP contribution in [-0.2, 0) is 4.79 Å². The molecule has 0 N–H and O–H groups in total. The normalized spacial score (nSPS) is 16.4. The zero-order chi connectivity index (χ0) is 14.0. The lowest BCUT2D eigenvalue weighted by Crippen LogP contribution is -2.23. The molecule has 0 bridgehead atoms. The van der Waals surface area contributed by atoms with Crippen molar-refractivity contribution in [2.24, 2.45) is 0 Å². The fourth-order valence-electron chi connectivity index (χ4n) is 2.72. The van der Waals surface area contributed by atoms with E-state index in [9.17, 15) is 4.79 Å². The number of anilines is 1. The SMILES string of the molecule is CC(=O)N(C)c1cc(Br)cc(C2CCCCC2)c1Br. The summed E-state index contributed by atoms with van der Waals surface area (Å²) in [6.45, 7) is 1.59. The number of carbonyl (C=O) groups excluding carboxylic acids is 1. The first-order chi connectivity index (χ1) is 9.00. The van der Waals surface area contributed by atoms with Crippen molar-refractivity contribution in [1.82, 2.24) is 0 Å². The van der Waals surface area contributed by atoms with Gasteiger partial charge in [0.15, 0.2) is 0 Å². The minimum atomic E-state index is 0.0494. The predicted octanol–water partition coefficient (Wildman–Crippen LogP) is 5.24. The lowest BCUT2D eigenvalue weighted by molar-refractivity contribution is -0.116. The highest BCUT2D eigenvalue weighted by molar-refractivity contribution is 9.11. The molecule has 0 aromatic heterocycles. The van der Waals surface area contributed by atoms with E-state index in [1.165, 1.54) is 37.7 Å². The lowest BCUT2D eigenvalue weighted by atomic mass is 9.84.